The lowest BCUT2D eigenvalue weighted by Crippen LogP contribution is -2.15. The number of amides is 1. The molecular formula is C11H9ClFN3O3S. The minimum Gasteiger partial charge on any atom is -0.330 e. The average molecular weight is 318 g/mol. The highest BCUT2D eigenvalue weighted by Crippen LogP contribution is 2.22. The lowest BCUT2D eigenvalue weighted by molar-refractivity contribution is 0.101. The van der Waals surface area contributed by atoms with Crippen LogP contribution in [0.3, 0.4) is 0 Å². The minimum atomic E-state index is -4.16. The van der Waals surface area contributed by atoms with E-state index in [9.17, 15) is 17.6 Å². The van der Waals surface area contributed by atoms with Gasteiger partial charge in [-0.05, 0) is 18.2 Å². The highest BCUT2D eigenvalue weighted by Gasteiger charge is 2.17. The Labute approximate surface area is 118 Å². The third kappa shape index (κ3) is 2.97. The van der Waals surface area contributed by atoms with Gasteiger partial charge in [0.1, 0.15) is 16.4 Å². The summed E-state index contributed by atoms with van der Waals surface area (Å²) in [4.78, 5) is 15.0. The fourth-order valence-corrected chi connectivity index (χ4v) is 2.45. The standard InChI is InChI=1S/C11H9ClFN3O3S/c1-16-6-14-5-9(16)11(17)15-7-2-3-10(8(13)4-7)20(12,18)19/h2-6H,1H3,(H,15,17). The van der Waals surface area contributed by atoms with Crippen molar-refractivity contribution in [2.24, 2.45) is 7.05 Å². The van der Waals surface area contributed by atoms with Crippen molar-refractivity contribution in [3.05, 3.63) is 42.2 Å². The predicted molar refractivity (Wildman–Crippen MR) is 70.6 cm³/mol. The molecular weight excluding hydrogens is 309 g/mol. The predicted octanol–water partition coefficient (Wildman–Crippen LogP) is 1.74. The van der Waals surface area contributed by atoms with Gasteiger partial charge in [-0.3, -0.25) is 4.79 Å². The average Bonchev–Trinajstić information content (AvgIpc) is 2.73. The van der Waals surface area contributed by atoms with E-state index in [2.05, 4.69) is 10.3 Å². The second-order valence-corrected chi connectivity index (χ2v) is 6.46. The van der Waals surface area contributed by atoms with Crippen LogP contribution in [0, 0.1) is 5.82 Å². The first-order valence-corrected chi connectivity index (χ1v) is 7.62. The summed E-state index contributed by atoms with van der Waals surface area (Å²) < 4.78 is 37.2. The van der Waals surface area contributed by atoms with Gasteiger partial charge in [0, 0.05) is 23.4 Å². The highest BCUT2D eigenvalue weighted by atomic mass is 35.7. The molecule has 0 atom stereocenters. The molecule has 9 heteroatoms. The van der Waals surface area contributed by atoms with Gasteiger partial charge in [0.25, 0.3) is 15.0 Å². The molecule has 0 saturated heterocycles. The van der Waals surface area contributed by atoms with E-state index in [4.69, 9.17) is 10.7 Å². The summed E-state index contributed by atoms with van der Waals surface area (Å²) >= 11 is 0. The second-order valence-electron chi connectivity index (χ2n) is 3.93. The topological polar surface area (TPSA) is 81.1 Å². The molecule has 20 heavy (non-hydrogen) atoms. The Kier molecular flexibility index (Phi) is 3.78. The summed E-state index contributed by atoms with van der Waals surface area (Å²) in [5, 5.41) is 2.43. The Balaban J connectivity index is 2.26. The van der Waals surface area contributed by atoms with Gasteiger partial charge in [-0.1, -0.05) is 0 Å². The van der Waals surface area contributed by atoms with Crippen LogP contribution in [0.2, 0.25) is 0 Å². The largest absolute Gasteiger partial charge is 0.330 e. The molecule has 0 unspecified atom stereocenters. The van der Waals surface area contributed by atoms with Crippen LogP contribution in [-0.4, -0.2) is 23.9 Å². The Morgan fingerprint density at radius 1 is 1.45 bits per heavy atom. The van der Waals surface area contributed by atoms with Crippen LogP contribution in [-0.2, 0) is 16.1 Å². The third-order valence-corrected chi connectivity index (χ3v) is 3.86. The zero-order valence-corrected chi connectivity index (χ0v) is 11.7. The molecule has 1 heterocycles. The molecule has 0 fully saturated rings. The van der Waals surface area contributed by atoms with Crippen LogP contribution < -0.4 is 5.32 Å². The number of anilines is 1. The number of hydrogen-bond donors (Lipinski definition) is 1. The van der Waals surface area contributed by atoms with Crippen molar-refractivity contribution in [2.45, 2.75) is 4.90 Å². The normalized spacial score (nSPS) is 11.3. The van der Waals surface area contributed by atoms with Crippen LogP contribution in [0.5, 0.6) is 0 Å². The number of carbonyl (C=O) groups is 1. The Morgan fingerprint density at radius 3 is 2.65 bits per heavy atom. The molecule has 2 aromatic rings. The van der Waals surface area contributed by atoms with Crippen LogP contribution in [0.15, 0.2) is 35.6 Å². The van der Waals surface area contributed by atoms with E-state index in [0.717, 1.165) is 12.1 Å². The molecule has 2 rings (SSSR count). The van der Waals surface area contributed by atoms with E-state index >= 15 is 0 Å². The zero-order chi connectivity index (χ0) is 14.9. The van der Waals surface area contributed by atoms with Crippen LogP contribution in [0.4, 0.5) is 10.1 Å². The molecule has 0 spiro atoms. The maximum atomic E-state index is 13.6. The summed E-state index contributed by atoms with van der Waals surface area (Å²) in [7, 11) is 2.53. The number of benzene rings is 1. The first kappa shape index (κ1) is 14.5. The van der Waals surface area contributed by atoms with Gasteiger partial charge in [0.15, 0.2) is 0 Å². The number of carbonyl (C=O) groups excluding carboxylic acids is 1. The maximum absolute atomic E-state index is 13.6. The molecule has 0 radical (unpaired) electrons. The van der Waals surface area contributed by atoms with E-state index < -0.39 is 25.7 Å². The van der Waals surface area contributed by atoms with Crippen molar-refractivity contribution in [2.75, 3.05) is 5.32 Å². The van der Waals surface area contributed by atoms with E-state index in [1.165, 1.54) is 23.2 Å². The molecule has 0 saturated carbocycles. The van der Waals surface area contributed by atoms with Gasteiger partial charge in [-0.25, -0.2) is 17.8 Å². The third-order valence-electron chi connectivity index (χ3n) is 2.50. The number of imidazole rings is 1. The number of halogens is 2. The Hall–Kier alpha value is -1.93. The van der Waals surface area contributed by atoms with Gasteiger partial charge in [-0.2, -0.15) is 0 Å². The molecule has 1 aromatic carbocycles. The van der Waals surface area contributed by atoms with Crippen molar-refractivity contribution < 1.29 is 17.6 Å². The van der Waals surface area contributed by atoms with Gasteiger partial charge in [-0.15, -0.1) is 0 Å². The molecule has 106 valence electrons. The minimum absolute atomic E-state index is 0.109. The Bertz CT molecular complexity index is 773. The maximum Gasteiger partial charge on any atom is 0.273 e. The summed E-state index contributed by atoms with van der Waals surface area (Å²) in [6.45, 7) is 0. The summed E-state index contributed by atoms with van der Waals surface area (Å²) in [5.74, 6) is -1.53. The number of aryl methyl sites for hydroxylation is 1. The summed E-state index contributed by atoms with van der Waals surface area (Å²) in [6, 6.07) is 3.10. The summed E-state index contributed by atoms with van der Waals surface area (Å²) in [6.07, 6.45) is 2.79. The van der Waals surface area contributed by atoms with E-state index in [0.29, 0.717) is 0 Å². The molecule has 0 aliphatic carbocycles. The fraction of sp³-hybridized carbons (Fsp3) is 0.0909. The number of hydrogen-bond acceptors (Lipinski definition) is 4. The van der Waals surface area contributed by atoms with Crippen molar-refractivity contribution in [3.63, 3.8) is 0 Å². The first-order valence-electron chi connectivity index (χ1n) is 5.31. The fourth-order valence-electron chi connectivity index (χ4n) is 1.55. The van der Waals surface area contributed by atoms with Gasteiger partial charge in [0.2, 0.25) is 0 Å². The smallest absolute Gasteiger partial charge is 0.273 e. The lowest BCUT2D eigenvalue weighted by atomic mass is 10.3. The van der Waals surface area contributed by atoms with Gasteiger partial charge < -0.3 is 9.88 Å². The molecule has 0 aliphatic heterocycles. The molecule has 1 aromatic heterocycles. The molecule has 1 amide bonds. The second kappa shape index (κ2) is 5.22. The van der Waals surface area contributed by atoms with Crippen molar-refractivity contribution in [3.8, 4) is 0 Å². The van der Waals surface area contributed by atoms with Crippen LogP contribution in [0.1, 0.15) is 10.5 Å². The number of nitrogens with one attached hydrogen (secondary N) is 1. The van der Waals surface area contributed by atoms with Crippen LogP contribution >= 0.6 is 10.7 Å². The first-order chi connectivity index (χ1) is 9.29. The quantitative estimate of drug-likeness (QED) is 0.874. The van der Waals surface area contributed by atoms with E-state index in [-0.39, 0.29) is 11.4 Å². The van der Waals surface area contributed by atoms with Crippen molar-refractivity contribution in [1.29, 1.82) is 0 Å². The number of rotatable bonds is 3. The van der Waals surface area contributed by atoms with E-state index in [1.54, 1.807) is 7.05 Å². The van der Waals surface area contributed by atoms with Gasteiger partial charge in [0.05, 0.1) is 12.5 Å². The highest BCUT2D eigenvalue weighted by molar-refractivity contribution is 8.13. The van der Waals surface area contributed by atoms with Crippen molar-refractivity contribution in [1.82, 2.24) is 9.55 Å². The van der Waals surface area contributed by atoms with Crippen molar-refractivity contribution >= 4 is 31.3 Å². The van der Waals surface area contributed by atoms with E-state index in [1.807, 2.05) is 0 Å². The molecule has 0 aliphatic rings. The monoisotopic (exact) mass is 317 g/mol. The lowest BCUT2D eigenvalue weighted by Gasteiger charge is -2.07. The molecule has 6 nitrogen and oxygen atoms in total. The number of aromatic nitrogens is 2. The molecule has 1 N–H and O–H groups in total. The van der Waals surface area contributed by atoms with Gasteiger partial charge >= 0.3 is 0 Å². The Morgan fingerprint density at radius 2 is 2.15 bits per heavy atom. The van der Waals surface area contributed by atoms with Crippen LogP contribution in [0.25, 0.3) is 0 Å². The number of nitrogens with zero attached hydrogens (tertiary/aromatic N) is 2. The summed E-state index contributed by atoms with van der Waals surface area (Å²) in [5.41, 5.74) is 0.386. The SMILES string of the molecule is Cn1cncc1C(=O)Nc1ccc(S(=O)(=O)Cl)c(F)c1. The molecule has 0 bridgehead atoms. The zero-order valence-electron chi connectivity index (χ0n) is 10.2.